The van der Waals surface area contributed by atoms with E-state index in [1.807, 2.05) is 11.8 Å². The average Bonchev–Trinajstić information content (AvgIpc) is 2.15. The van der Waals surface area contributed by atoms with Crippen molar-refractivity contribution in [3.8, 4) is 0 Å². The van der Waals surface area contributed by atoms with Gasteiger partial charge in [0.1, 0.15) is 0 Å². The van der Waals surface area contributed by atoms with Crippen LogP contribution in [0.25, 0.3) is 5.43 Å². The Labute approximate surface area is 82.2 Å². The van der Waals surface area contributed by atoms with E-state index in [0.29, 0.717) is 9.96 Å². The molecule has 1 unspecified atom stereocenters. The van der Waals surface area contributed by atoms with E-state index in [1.54, 1.807) is 17.3 Å². The summed E-state index contributed by atoms with van der Waals surface area (Å²) in [5.41, 5.74) is 5.76. The summed E-state index contributed by atoms with van der Waals surface area (Å²) >= 11 is 3.51. The van der Waals surface area contributed by atoms with Crippen LogP contribution in [0.1, 0.15) is 13.8 Å². The van der Waals surface area contributed by atoms with Gasteiger partial charge in [0, 0.05) is 5.55 Å². The molecule has 0 radical (unpaired) electrons. The first-order chi connectivity index (χ1) is 4.29. The standard InChI is InChI=1S/C5H9N2S2.Li/c1-4(2)9-5-7-6-3-8-5;/h3-5H,1-2H3;/q-1;+1. The van der Waals surface area contributed by atoms with Gasteiger partial charge in [0.2, 0.25) is 0 Å². The molecular weight excluding hydrogens is 159 g/mol. The molecule has 0 aromatic heterocycles. The summed E-state index contributed by atoms with van der Waals surface area (Å²) in [5, 5.41) is 4.41. The van der Waals surface area contributed by atoms with Gasteiger partial charge in [0.15, 0.2) is 0 Å². The smallest absolute Gasteiger partial charge is 0.582 e. The Bertz CT molecular complexity index is 110. The Balaban J connectivity index is 0.000000810. The van der Waals surface area contributed by atoms with E-state index >= 15 is 0 Å². The molecule has 1 aliphatic rings. The third-order valence-corrected chi connectivity index (χ3v) is 2.86. The van der Waals surface area contributed by atoms with Crippen LogP contribution in [0, 0.1) is 0 Å². The van der Waals surface area contributed by atoms with E-state index in [9.17, 15) is 0 Å². The van der Waals surface area contributed by atoms with Crippen LogP contribution in [0.2, 0.25) is 0 Å². The van der Waals surface area contributed by atoms with Crippen molar-refractivity contribution in [3.05, 3.63) is 5.43 Å². The molecule has 0 N–H and O–H groups in total. The maximum Gasteiger partial charge on any atom is 1.00 e. The monoisotopic (exact) mass is 168 g/mol. The van der Waals surface area contributed by atoms with Gasteiger partial charge >= 0.3 is 18.9 Å². The van der Waals surface area contributed by atoms with Gasteiger partial charge in [-0.15, -0.1) is 11.8 Å². The molecule has 10 heavy (non-hydrogen) atoms. The van der Waals surface area contributed by atoms with Gasteiger partial charge in [-0.2, -0.15) is 11.8 Å². The Morgan fingerprint density at radius 3 is 2.80 bits per heavy atom. The van der Waals surface area contributed by atoms with Crippen molar-refractivity contribution in [3.63, 3.8) is 0 Å². The van der Waals surface area contributed by atoms with Crippen molar-refractivity contribution in [2.24, 2.45) is 5.10 Å². The van der Waals surface area contributed by atoms with Gasteiger partial charge < -0.3 is 10.5 Å². The summed E-state index contributed by atoms with van der Waals surface area (Å²) in [6.45, 7) is 4.33. The van der Waals surface area contributed by atoms with E-state index in [-0.39, 0.29) is 18.9 Å². The number of rotatable bonds is 2. The van der Waals surface area contributed by atoms with Gasteiger partial charge in [-0.1, -0.05) is 13.8 Å². The molecule has 52 valence electrons. The summed E-state index contributed by atoms with van der Waals surface area (Å²) in [6.07, 6.45) is 0. The van der Waals surface area contributed by atoms with Crippen LogP contribution >= 0.6 is 23.5 Å². The first-order valence-electron chi connectivity index (χ1n) is 2.81. The minimum Gasteiger partial charge on any atom is -0.582 e. The minimum atomic E-state index is 0. The van der Waals surface area contributed by atoms with E-state index in [0.717, 1.165) is 0 Å². The molecule has 0 saturated carbocycles. The second-order valence-corrected chi connectivity index (χ2v) is 4.85. The molecule has 0 aromatic carbocycles. The molecule has 2 nitrogen and oxygen atoms in total. The third-order valence-electron chi connectivity index (χ3n) is 0.774. The first kappa shape index (κ1) is 10.8. The molecule has 0 spiro atoms. The molecule has 0 bridgehead atoms. The fourth-order valence-electron chi connectivity index (χ4n) is 0.480. The minimum absolute atomic E-state index is 0. The molecule has 0 saturated heterocycles. The molecule has 0 aromatic rings. The van der Waals surface area contributed by atoms with Gasteiger partial charge in [-0.25, -0.2) is 0 Å². The third kappa shape index (κ3) is 3.82. The summed E-state index contributed by atoms with van der Waals surface area (Å²) in [4.78, 5) is 0. The van der Waals surface area contributed by atoms with Crippen LogP contribution in [-0.2, 0) is 0 Å². The molecule has 0 aliphatic carbocycles. The molecule has 1 aliphatic heterocycles. The molecule has 0 amide bonds. The average molecular weight is 168 g/mol. The van der Waals surface area contributed by atoms with Crippen LogP contribution in [0.15, 0.2) is 5.10 Å². The number of thioether (sulfide) groups is 2. The van der Waals surface area contributed by atoms with Crippen molar-refractivity contribution < 1.29 is 18.9 Å². The zero-order valence-corrected chi connectivity index (χ0v) is 8.08. The van der Waals surface area contributed by atoms with E-state index in [2.05, 4.69) is 24.4 Å². The van der Waals surface area contributed by atoms with Crippen LogP contribution in [0.5, 0.6) is 0 Å². The van der Waals surface area contributed by atoms with Gasteiger partial charge in [0.25, 0.3) is 0 Å². The zero-order chi connectivity index (χ0) is 6.69. The molecule has 1 rings (SSSR count). The normalized spacial score (nSPS) is 22.5. The van der Waals surface area contributed by atoms with Crippen molar-refractivity contribution in [2.75, 3.05) is 0 Å². The Morgan fingerprint density at radius 2 is 2.40 bits per heavy atom. The van der Waals surface area contributed by atoms with Gasteiger partial charge in [-0.05, 0) is 9.96 Å². The van der Waals surface area contributed by atoms with Crippen LogP contribution < -0.4 is 18.9 Å². The molecule has 0 fully saturated rings. The SMILES string of the molecule is CC(C)SC1[N-]N=CS1.[Li+]. The largest absolute Gasteiger partial charge is 1.00 e. The predicted octanol–water partition coefficient (Wildman–Crippen LogP) is -0.521. The van der Waals surface area contributed by atoms with E-state index in [4.69, 9.17) is 0 Å². The van der Waals surface area contributed by atoms with Gasteiger partial charge in [0.05, 0.1) is 0 Å². The number of hydrogen-bond donors (Lipinski definition) is 0. The number of nitrogens with zero attached hydrogens (tertiary/aromatic N) is 2. The second-order valence-electron chi connectivity index (χ2n) is 1.96. The van der Waals surface area contributed by atoms with Crippen molar-refractivity contribution in [1.29, 1.82) is 0 Å². The zero-order valence-electron chi connectivity index (χ0n) is 6.44. The Kier molecular flexibility index (Phi) is 5.84. The van der Waals surface area contributed by atoms with E-state index < -0.39 is 0 Å². The molecule has 5 heteroatoms. The van der Waals surface area contributed by atoms with Crippen molar-refractivity contribution in [1.82, 2.24) is 0 Å². The Morgan fingerprint density at radius 1 is 1.70 bits per heavy atom. The van der Waals surface area contributed by atoms with E-state index in [1.165, 1.54) is 0 Å². The van der Waals surface area contributed by atoms with Crippen LogP contribution in [-0.4, -0.2) is 15.5 Å². The molecular formula is C5H9LiN2S2. The molecule has 1 atom stereocenters. The number of hydrogen-bond acceptors (Lipinski definition) is 3. The van der Waals surface area contributed by atoms with Crippen LogP contribution in [0.4, 0.5) is 0 Å². The van der Waals surface area contributed by atoms with Crippen LogP contribution in [0.3, 0.4) is 0 Å². The maximum absolute atomic E-state index is 3.97. The first-order valence-corrected chi connectivity index (χ1v) is 4.70. The summed E-state index contributed by atoms with van der Waals surface area (Å²) < 4.78 is 0.324. The summed E-state index contributed by atoms with van der Waals surface area (Å²) in [6, 6.07) is 0. The maximum atomic E-state index is 3.97. The second kappa shape index (κ2) is 5.42. The fraction of sp³-hybridized carbons (Fsp3) is 0.800. The summed E-state index contributed by atoms with van der Waals surface area (Å²) in [7, 11) is 0. The predicted molar refractivity (Wildman–Crippen MR) is 46.0 cm³/mol. The van der Waals surface area contributed by atoms with Crippen molar-refractivity contribution >= 4 is 29.1 Å². The quantitative estimate of drug-likeness (QED) is 0.519. The molecule has 1 heterocycles. The van der Waals surface area contributed by atoms with Crippen molar-refractivity contribution in [2.45, 2.75) is 23.8 Å². The fourth-order valence-corrected chi connectivity index (χ4v) is 2.45. The van der Waals surface area contributed by atoms with Gasteiger partial charge in [-0.3, -0.25) is 0 Å². The Hall–Kier alpha value is 0.767. The summed E-state index contributed by atoms with van der Waals surface area (Å²) in [5.74, 6) is 0. The topological polar surface area (TPSA) is 26.5 Å².